The van der Waals surface area contributed by atoms with Crippen molar-refractivity contribution < 1.29 is 4.79 Å². The van der Waals surface area contributed by atoms with Crippen LogP contribution in [-0.4, -0.2) is 11.9 Å². The lowest BCUT2D eigenvalue weighted by atomic mass is 9.95. The van der Waals surface area contributed by atoms with E-state index in [0.29, 0.717) is 6.04 Å². The Kier molecular flexibility index (Phi) is 1.91. The van der Waals surface area contributed by atoms with Crippen molar-refractivity contribution >= 4 is 5.91 Å². The van der Waals surface area contributed by atoms with Gasteiger partial charge in [0.15, 0.2) is 0 Å². The van der Waals surface area contributed by atoms with E-state index in [4.69, 9.17) is 0 Å². The largest absolute Gasteiger partial charge is 0.350 e. The molecule has 2 aliphatic carbocycles. The van der Waals surface area contributed by atoms with Crippen molar-refractivity contribution in [2.24, 2.45) is 11.8 Å². The summed E-state index contributed by atoms with van der Waals surface area (Å²) in [6, 6.07) is 0.453. The smallest absolute Gasteiger partial charge is 0.243 e. The second kappa shape index (κ2) is 2.92. The third-order valence-corrected chi connectivity index (χ3v) is 3.25. The molecule has 2 rings (SSSR count). The van der Waals surface area contributed by atoms with Gasteiger partial charge >= 0.3 is 0 Å². The summed E-state index contributed by atoms with van der Waals surface area (Å²) in [6.07, 6.45) is 6.59. The average Bonchev–Trinajstić information content (AvgIpc) is 2.64. The standard InChI is InChI=1S/C10H15NO/c1-2-10(12)11-9-6-7-3-4-8(9)5-7/h2,7-9H,1,3-6H2,(H,11,12)/t7-,8+,9+/m1/s1. The Morgan fingerprint density at radius 2 is 2.25 bits per heavy atom. The van der Waals surface area contributed by atoms with E-state index in [-0.39, 0.29) is 5.91 Å². The Labute approximate surface area is 73.0 Å². The minimum absolute atomic E-state index is 0.00690. The van der Waals surface area contributed by atoms with Crippen molar-refractivity contribution in [2.75, 3.05) is 0 Å². The summed E-state index contributed by atoms with van der Waals surface area (Å²) in [4.78, 5) is 11.0. The minimum Gasteiger partial charge on any atom is -0.350 e. The van der Waals surface area contributed by atoms with Crippen LogP contribution in [0.2, 0.25) is 0 Å². The highest BCUT2D eigenvalue weighted by molar-refractivity contribution is 5.87. The van der Waals surface area contributed by atoms with E-state index < -0.39 is 0 Å². The van der Waals surface area contributed by atoms with Gasteiger partial charge in [0.25, 0.3) is 0 Å². The summed E-state index contributed by atoms with van der Waals surface area (Å²) in [5, 5.41) is 3.00. The number of carbonyl (C=O) groups is 1. The summed E-state index contributed by atoms with van der Waals surface area (Å²) in [5.74, 6) is 1.65. The van der Waals surface area contributed by atoms with E-state index in [1.54, 1.807) is 0 Å². The van der Waals surface area contributed by atoms with Crippen LogP contribution in [-0.2, 0) is 4.79 Å². The Bertz CT molecular complexity index is 212. The lowest BCUT2D eigenvalue weighted by molar-refractivity contribution is -0.117. The summed E-state index contributed by atoms with van der Waals surface area (Å²) in [6.45, 7) is 3.45. The monoisotopic (exact) mass is 165 g/mol. The van der Waals surface area contributed by atoms with E-state index in [1.807, 2.05) is 0 Å². The molecule has 0 heterocycles. The third kappa shape index (κ3) is 1.26. The summed E-state index contributed by atoms with van der Waals surface area (Å²) in [5.41, 5.74) is 0. The summed E-state index contributed by atoms with van der Waals surface area (Å²) in [7, 11) is 0. The van der Waals surface area contributed by atoms with Gasteiger partial charge in [0, 0.05) is 6.04 Å². The molecule has 1 amide bonds. The lowest BCUT2D eigenvalue weighted by Crippen LogP contribution is -2.37. The van der Waals surface area contributed by atoms with Gasteiger partial charge < -0.3 is 5.32 Å². The van der Waals surface area contributed by atoms with Gasteiger partial charge in [-0.3, -0.25) is 4.79 Å². The fourth-order valence-corrected chi connectivity index (χ4v) is 2.66. The molecule has 66 valence electrons. The number of rotatable bonds is 2. The van der Waals surface area contributed by atoms with Crippen molar-refractivity contribution in [2.45, 2.75) is 31.7 Å². The molecule has 2 aliphatic rings. The lowest BCUT2D eigenvalue weighted by Gasteiger charge is -2.21. The van der Waals surface area contributed by atoms with Crippen molar-refractivity contribution in [1.82, 2.24) is 5.32 Å². The minimum atomic E-state index is -0.00690. The molecule has 2 nitrogen and oxygen atoms in total. The van der Waals surface area contributed by atoms with Gasteiger partial charge in [-0.25, -0.2) is 0 Å². The zero-order valence-corrected chi connectivity index (χ0v) is 7.25. The highest BCUT2D eigenvalue weighted by atomic mass is 16.1. The molecule has 0 spiro atoms. The van der Waals surface area contributed by atoms with Crippen LogP contribution in [0.25, 0.3) is 0 Å². The van der Waals surface area contributed by atoms with Crippen molar-refractivity contribution in [1.29, 1.82) is 0 Å². The van der Waals surface area contributed by atoms with Crippen molar-refractivity contribution in [3.8, 4) is 0 Å². The predicted molar refractivity (Wildman–Crippen MR) is 47.6 cm³/mol. The van der Waals surface area contributed by atoms with Crippen LogP contribution in [0.3, 0.4) is 0 Å². The topological polar surface area (TPSA) is 29.1 Å². The molecule has 0 aromatic carbocycles. The molecule has 0 aromatic heterocycles. The highest BCUT2D eigenvalue weighted by Gasteiger charge is 2.39. The molecule has 2 heteroatoms. The number of fused-ring (bicyclic) bond motifs is 2. The van der Waals surface area contributed by atoms with Gasteiger partial charge in [0.05, 0.1) is 0 Å². The molecule has 2 bridgehead atoms. The second-order valence-electron chi connectivity index (χ2n) is 3.99. The quantitative estimate of drug-likeness (QED) is 0.617. The molecule has 0 aliphatic heterocycles. The zero-order chi connectivity index (χ0) is 8.55. The molecule has 0 saturated heterocycles. The Hall–Kier alpha value is -0.790. The van der Waals surface area contributed by atoms with Gasteiger partial charge in [-0.15, -0.1) is 0 Å². The van der Waals surface area contributed by atoms with Gasteiger partial charge in [-0.2, -0.15) is 0 Å². The number of hydrogen-bond donors (Lipinski definition) is 1. The first kappa shape index (κ1) is 7.84. The first-order chi connectivity index (χ1) is 5.79. The third-order valence-electron chi connectivity index (χ3n) is 3.25. The maximum atomic E-state index is 11.0. The van der Waals surface area contributed by atoms with Crippen molar-refractivity contribution in [3.05, 3.63) is 12.7 Å². The number of hydrogen-bond acceptors (Lipinski definition) is 1. The maximum Gasteiger partial charge on any atom is 0.243 e. The van der Waals surface area contributed by atoms with Gasteiger partial charge in [0.1, 0.15) is 0 Å². The fourth-order valence-electron chi connectivity index (χ4n) is 2.66. The molecular formula is C10H15NO. The highest BCUT2D eigenvalue weighted by Crippen LogP contribution is 2.44. The van der Waals surface area contributed by atoms with Crippen LogP contribution in [0.1, 0.15) is 25.7 Å². The van der Waals surface area contributed by atoms with E-state index in [0.717, 1.165) is 11.8 Å². The number of amides is 1. The summed E-state index contributed by atoms with van der Waals surface area (Å²) < 4.78 is 0. The van der Waals surface area contributed by atoms with Crippen LogP contribution < -0.4 is 5.32 Å². The normalized spacial score (nSPS) is 38.2. The first-order valence-electron chi connectivity index (χ1n) is 4.72. The molecule has 1 N–H and O–H groups in total. The zero-order valence-electron chi connectivity index (χ0n) is 7.25. The molecule has 0 radical (unpaired) electrons. The molecule has 2 saturated carbocycles. The van der Waals surface area contributed by atoms with Crippen LogP contribution in [0.5, 0.6) is 0 Å². The van der Waals surface area contributed by atoms with Crippen LogP contribution in [0.15, 0.2) is 12.7 Å². The summed E-state index contributed by atoms with van der Waals surface area (Å²) >= 11 is 0. The Morgan fingerprint density at radius 3 is 2.75 bits per heavy atom. The van der Waals surface area contributed by atoms with Gasteiger partial charge in [-0.05, 0) is 37.2 Å². The Morgan fingerprint density at radius 1 is 1.42 bits per heavy atom. The molecular weight excluding hydrogens is 150 g/mol. The molecule has 2 fully saturated rings. The molecule has 0 aromatic rings. The van der Waals surface area contributed by atoms with E-state index in [1.165, 1.54) is 31.8 Å². The van der Waals surface area contributed by atoms with E-state index >= 15 is 0 Å². The molecule has 0 unspecified atom stereocenters. The first-order valence-corrected chi connectivity index (χ1v) is 4.72. The van der Waals surface area contributed by atoms with Crippen LogP contribution in [0, 0.1) is 11.8 Å². The van der Waals surface area contributed by atoms with Crippen LogP contribution in [0.4, 0.5) is 0 Å². The average molecular weight is 165 g/mol. The maximum absolute atomic E-state index is 11.0. The van der Waals surface area contributed by atoms with Crippen LogP contribution >= 0.6 is 0 Å². The number of nitrogens with one attached hydrogen (secondary N) is 1. The predicted octanol–water partition coefficient (Wildman–Crippen LogP) is 1.48. The van der Waals surface area contributed by atoms with Crippen molar-refractivity contribution in [3.63, 3.8) is 0 Å². The Balaban J connectivity index is 1.90. The van der Waals surface area contributed by atoms with Gasteiger partial charge in [0.2, 0.25) is 5.91 Å². The van der Waals surface area contributed by atoms with E-state index in [9.17, 15) is 4.79 Å². The molecule has 3 atom stereocenters. The van der Waals surface area contributed by atoms with E-state index in [2.05, 4.69) is 11.9 Å². The number of carbonyl (C=O) groups excluding carboxylic acids is 1. The SMILES string of the molecule is C=CC(=O)N[C@H]1C[C@@H]2CC[C@H]1C2. The van der Waals surface area contributed by atoms with Gasteiger partial charge in [-0.1, -0.05) is 13.0 Å². The second-order valence-corrected chi connectivity index (χ2v) is 3.99. The fraction of sp³-hybridized carbons (Fsp3) is 0.700. The molecule has 12 heavy (non-hydrogen) atoms.